The zero-order valence-corrected chi connectivity index (χ0v) is 17.4. The van der Waals surface area contributed by atoms with Gasteiger partial charge in [0.05, 0.1) is 11.6 Å². The van der Waals surface area contributed by atoms with E-state index < -0.39 is 0 Å². The van der Waals surface area contributed by atoms with Gasteiger partial charge in [0.15, 0.2) is 5.78 Å². The molecule has 0 fully saturated rings. The molecule has 4 aromatic carbocycles. The maximum Gasteiger partial charge on any atom is 0.252 e. The molecule has 0 unspecified atom stereocenters. The van der Waals surface area contributed by atoms with Crippen LogP contribution in [0.25, 0.3) is 10.8 Å². The van der Waals surface area contributed by atoms with Crippen molar-refractivity contribution in [2.75, 3.05) is 6.54 Å². The number of hydrogen-bond donors (Lipinski definition) is 1. The van der Waals surface area contributed by atoms with Crippen LogP contribution >= 0.6 is 11.6 Å². The summed E-state index contributed by atoms with van der Waals surface area (Å²) < 4.78 is 5.91. The van der Waals surface area contributed by atoms with Gasteiger partial charge in [-0.2, -0.15) is 0 Å². The molecule has 0 spiro atoms. The Morgan fingerprint density at radius 2 is 1.52 bits per heavy atom. The van der Waals surface area contributed by atoms with Crippen molar-refractivity contribution in [3.8, 4) is 11.5 Å². The standard InChI is InChI=1S/C26H20ClNO3/c27-24-15-7-10-19(25(24)31-21-11-2-1-3-12-21)16-20(29)17-28-26(30)23-14-6-9-18-8-4-5-13-22(18)23/h1-15H,16-17H2,(H,28,30). The Hall–Kier alpha value is -3.63. The highest BCUT2D eigenvalue weighted by molar-refractivity contribution is 6.32. The number of Topliss-reactive ketones (excluding diaryl/α,β-unsaturated/α-hetero) is 1. The third kappa shape index (κ3) is 4.93. The lowest BCUT2D eigenvalue weighted by Crippen LogP contribution is -2.30. The summed E-state index contributed by atoms with van der Waals surface area (Å²) in [6.45, 7) is -0.0840. The summed E-state index contributed by atoms with van der Waals surface area (Å²) in [4.78, 5) is 25.3. The first-order chi connectivity index (χ1) is 15.1. The van der Waals surface area contributed by atoms with Gasteiger partial charge in [-0.3, -0.25) is 9.59 Å². The maximum absolute atomic E-state index is 12.7. The van der Waals surface area contributed by atoms with E-state index in [0.717, 1.165) is 10.8 Å². The molecule has 154 valence electrons. The molecule has 0 aliphatic rings. The van der Waals surface area contributed by atoms with Crippen molar-refractivity contribution in [2.45, 2.75) is 6.42 Å². The van der Waals surface area contributed by atoms with Gasteiger partial charge in [0.2, 0.25) is 0 Å². The largest absolute Gasteiger partial charge is 0.456 e. The lowest BCUT2D eigenvalue weighted by Gasteiger charge is -2.13. The smallest absolute Gasteiger partial charge is 0.252 e. The van der Waals surface area contributed by atoms with Gasteiger partial charge in [-0.05, 0) is 35.0 Å². The van der Waals surface area contributed by atoms with Crippen molar-refractivity contribution in [2.24, 2.45) is 0 Å². The number of hydrogen-bond acceptors (Lipinski definition) is 3. The van der Waals surface area contributed by atoms with Gasteiger partial charge in [0.1, 0.15) is 11.5 Å². The Kier molecular flexibility index (Phi) is 6.29. The molecule has 0 aromatic heterocycles. The molecule has 0 radical (unpaired) electrons. The summed E-state index contributed by atoms with van der Waals surface area (Å²) in [5.74, 6) is 0.656. The second-order valence-electron chi connectivity index (χ2n) is 7.07. The number of ketones is 1. The number of ether oxygens (including phenoxy) is 1. The van der Waals surface area contributed by atoms with E-state index in [-0.39, 0.29) is 24.7 Å². The summed E-state index contributed by atoms with van der Waals surface area (Å²) in [7, 11) is 0. The number of halogens is 1. The van der Waals surface area contributed by atoms with E-state index in [0.29, 0.717) is 27.6 Å². The van der Waals surface area contributed by atoms with Crippen LogP contribution in [0.5, 0.6) is 11.5 Å². The van der Waals surface area contributed by atoms with E-state index in [1.165, 1.54) is 0 Å². The van der Waals surface area contributed by atoms with Gasteiger partial charge < -0.3 is 10.1 Å². The Bertz CT molecular complexity index is 1230. The second-order valence-corrected chi connectivity index (χ2v) is 7.48. The van der Waals surface area contributed by atoms with Crippen LogP contribution in [-0.4, -0.2) is 18.2 Å². The molecule has 0 saturated heterocycles. The maximum atomic E-state index is 12.7. The molecule has 0 aliphatic heterocycles. The summed E-state index contributed by atoms with van der Waals surface area (Å²) in [6, 6.07) is 27.7. The number of benzene rings is 4. The van der Waals surface area contributed by atoms with Crippen molar-refractivity contribution < 1.29 is 14.3 Å². The zero-order chi connectivity index (χ0) is 21.6. The van der Waals surface area contributed by atoms with Crippen LogP contribution in [0.3, 0.4) is 0 Å². The monoisotopic (exact) mass is 429 g/mol. The third-order valence-electron chi connectivity index (χ3n) is 4.88. The van der Waals surface area contributed by atoms with E-state index in [2.05, 4.69) is 5.32 Å². The van der Waals surface area contributed by atoms with Crippen LogP contribution in [0, 0.1) is 0 Å². The van der Waals surface area contributed by atoms with E-state index in [1.54, 1.807) is 24.3 Å². The molecule has 4 rings (SSSR count). The normalized spacial score (nSPS) is 10.6. The lowest BCUT2D eigenvalue weighted by molar-refractivity contribution is -0.117. The fourth-order valence-corrected chi connectivity index (χ4v) is 3.62. The van der Waals surface area contributed by atoms with Gasteiger partial charge in [-0.25, -0.2) is 0 Å². The molecule has 4 nitrogen and oxygen atoms in total. The Balaban J connectivity index is 1.44. The summed E-state index contributed by atoms with van der Waals surface area (Å²) >= 11 is 6.32. The summed E-state index contributed by atoms with van der Waals surface area (Å²) in [5.41, 5.74) is 1.21. The minimum absolute atomic E-state index is 0.0840. The number of para-hydroxylation sites is 2. The quantitative estimate of drug-likeness (QED) is 0.402. The van der Waals surface area contributed by atoms with Gasteiger partial charge in [0, 0.05) is 17.5 Å². The zero-order valence-electron chi connectivity index (χ0n) is 16.7. The Morgan fingerprint density at radius 1 is 0.806 bits per heavy atom. The Morgan fingerprint density at radius 3 is 2.35 bits per heavy atom. The van der Waals surface area contributed by atoms with Crippen LogP contribution in [0.1, 0.15) is 15.9 Å². The average Bonchev–Trinajstić information content (AvgIpc) is 2.80. The van der Waals surface area contributed by atoms with E-state index in [9.17, 15) is 9.59 Å². The SMILES string of the molecule is O=C(CNC(=O)c1cccc2ccccc12)Cc1cccc(Cl)c1Oc1ccccc1. The first kappa shape index (κ1) is 20.6. The molecule has 1 N–H and O–H groups in total. The fraction of sp³-hybridized carbons (Fsp3) is 0.0769. The number of amides is 1. The van der Waals surface area contributed by atoms with E-state index in [4.69, 9.17) is 16.3 Å². The van der Waals surface area contributed by atoms with Crippen LogP contribution < -0.4 is 10.1 Å². The number of fused-ring (bicyclic) bond motifs is 1. The van der Waals surface area contributed by atoms with Crippen molar-refractivity contribution in [1.29, 1.82) is 0 Å². The first-order valence-electron chi connectivity index (χ1n) is 9.90. The molecule has 0 saturated carbocycles. The molecule has 0 heterocycles. The predicted octanol–water partition coefficient (Wildman–Crippen LogP) is 5.83. The third-order valence-corrected chi connectivity index (χ3v) is 5.18. The molecule has 1 amide bonds. The fourth-order valence-electron chi connectivity index (χ4n) is 3.39. The molecule has 5 heteroatoms. The highest BCUT2D eigenvalue weighted by Gasteiger charge is 2.15. The highest BCUT2D eigenvalue weighted by atomic mass is 35.5. The van der Waals surface area contributed by atoms with Gasteiger partial charge >= 0.3 is 0 Å². The molecule has 0 atom stereocenters. The minimum atomic E-state index is -0.281. The molecule has 0 aliphatic carbocycles. The molecule has 0 bridgehead atoms. The number of carbonyl (C=O) groups is 2. The van der Waals surface area contributed by atoms with E-state index >= 15 is 0 Å². The van der Waals surface area contributed by atoms with Crippen LogP contribution in [0.15, 0.2) is 91.0 Å². The highest BCUT2D eigenvalue weighted by Crippen LogP contribution is 2.33. The van der Waals surface area contributed by atoms with Crippen molar-refractivity contribution in [3.05, 3.63) is 107 Å². The van der Waals surface area contributed by atoms with Gasteiger partial charge in [-0.1, -0.05) is 78.3 Å². The number of rotatable bonds is 7. The van der Waals surface area contributed by atoms with Crippen LogP contribution in [0.2, 0.25) is 5.02 Å². The van der Waals surface area contributed by atoms with Crippen molar-refractivity contribution >= 4 is 34.1 Å². The van der Waals surface area contributed by atoms with Crippen LogP contribution in [0.4, 0.5) is 0 Å². The predicted molar refractivity (Wildman–Crippen MR) is 123 cm³/mol. The summed E-state index contributed by atoms with van der Waals surface area (Å²) in [5, 5.41) is 4.98. The van der Waals surface area contributed by atoms with Gasteiger partial charge in [0.25, 0.3) is 5.91 Å². The lowest BCUT2D eigenvalue weighted by atomic mass is 10.0. The van der Waals surface area contributed by atoms with E-state index in [1.807, 2.05) is 66.7 Å². The Labute approximate surface area is 185 Å². The van der Waals surface area contributed by atoms with Crippen molar-refractivity contribution in [3.63, 3.8) is 0 Å². The van der Waals surface area contributed by atoms with Crippen molar-refractivity contribution in [1.82, 2.24) is 5.32 Å². The molecular formula is C26H20ClNO3. The number of carbonyl (C=O) groups excluding carboxylic acids is 2. The molecule has 31 heavy (non-hydrogen) atoms. The van der Waals surface area contributed by atoms with Crippen LogP contribution in [-0.2, 0) is 11.2 Å². The topological polar surface area (TPSA) is 55.4 Å². The minimum Gasteiger partial charge on any atom is -0.456 e. The van der Waals surface area contributed by atoms with Gasteiger partial charge in [-0.15, -0.1) is 0 Å². The number of nitrogens with one attached hydrogen (secondary N) is 1. The second kappa shape index (κ2) is 9.45. The summed E-state index contributed by atoms with van der Waals surface area (Å²) in [6.07, 6.45) is 0.0958. The average molecular weight is 430 g/mol. The molecular weight excluding hydrogens is 410 g/mol. The first-order valence-corrected chi connectivity index (χ1v) is 10.3. The molecule has 4 aromatic rings.